The van der Waals surface area contributed by atoms with Crippen LogP contribution in [0.2, 0.25) is 0 Å². The van der Waals surface area contributed by atoms with Crippen molar-refractivity contribution >= 4 is 16.9 Å². The van der Waals surface area contributed by atoms with Crippen LogP contribution in [0.15, 0.2) is 54.7 Å². The van der Waals surface area contributed by atoms with Crippen LogP contribution in [0.25, 0.3) is 10.9 Å². The number of hydrogen-bond donors (Lipinski definition) is 1. The molecule has 1 aromatic heterocycles. The summed E-state index contributed by atoms with van der Waals surface area (Å²) in [6.07, 6.45) is 1.67. The number of hydrogen-bond acceptors (Lipinski definition) is 4. The van der Waals surface area contributed by atoms with E-state index in [1.165, 1.54) is 12.1 Å². The minimum absolute atomic E-state index is 0.156. The van der Waals surface area contributed by atoms with Crippen LogP contribution >= 0.6 is 0 Å². The normalized spacial score (nSPS) is 10.4. The molecule has 0 spiro atoms. The van der Waals surface area contributed by atoms with Crippen molar-refractivity contribution in [3.8, 4) is 11.8 Å². The molecule has 1 heterocycles. The lowest BCUT2D eigenvalue weighted by atomic mass is 10.2. The Bertz CT molecular complexity index is 787. The van der Waals surface area contributed by atoms with Gasteiger partial charge in [0.15, 0.2) is 0 Å². The number of benzene rings is 2. The number of aromatic nitrogens is 2. The summed E-state index contributed by atoms with van der Waals surface area (Å²) in [5.74, 6) is -0.616. The van der Waals surface area contributed by atoms with Gasteiger partial charge >= 0.3 is 12.0 Å². The predicted octanol–water partition coefficient (Wildman–Crippen LogP) is 3.12. The Labute approximate surface area is 114 Å². The Balaban J connectivity index is 1.92. The van der Waals surface area contributed by atoms with Gasteiger partial charge in [0, 0.05) is 11.6 Å². The Morgan fingerprint density at radius 2 is 1.95 bits per heavy atom. The minimum Gasteiger partial charge on any atom is -0.478 e. The first-order chi connectivity index (χ1) is 9.72. The third-order valence-corrected chi connectivity index (χ3v) is 2.76. The highest BCUT2D eigenvalue weighted by molar-refractivity contribution is 5.88. The fourth-order valence-electron chi connectivity index (χ4n) is 1.80. The number of nitrogens with zero attached hydrogens (tertiary/aromatic N) is 2. The molecule has 98 valence electrons. The molecule has 3 aromatic rings. The highest BCUT2D eigenvalue weighted by atomic mass is 16.5. The summed E-state index contributed by atoms with van der Waals surface area (Å²) in [6, 6.07) is 13.9. The number of carboxylic acids is 1. The molecule has 1 N–H and O–H groups in total. The molecule has 20 heavy (non-hydrogen) atoms. The molecule has 0 unspecified atom stereocenters. The van der Waals surface area contributed by atoms with Crippen molar-refractivity contribution in [2.75, 3.05) is 0 Å². The van der Waals surface area contributed by atoms with Crippen molar-refractivity contribution in [1.29, 1.82) is 0 Å². The molecule has 0 radical (unpaired) electrons. The van der Waals surface area contributed by atoms with E-state index in [1.807, 2.05) is 24.3 Å². The summed E-state index contributed by atoms with van der Waals surface area (Å²) in [5.41, 5.74) is 0.926. The average Bonchev–Trinajstić information content (AvgIpc) is 2.47. The smallest absolute Gasteiger partial charge is 0.335 e. The Hall–Kier alpha value is -2.95. The van der Waals surface area contributed by atoms with E-state index in [0.29, 0.717) is 5.75 Å². The van der Waals surface area contributed by atoms with Gasteiger partial charge in [0.1, 0.15) is 5.75 Å². The van der Waals surface area contributed by atoms with E-state index < -0.39 is 5.97 Å². The average molecular weight is 266 g/mol. The van der Waals surface area contributed by atoms with Crippen LogP contribution in [0.3, 0.4) is 0 Å². The van der Waals surface area contributed by atoms with Gasteiger partial charge in [0.05, 0.1) is 11.1 Å². The zero-order chi connectivity index (χ0) is 13.9. The molecule has 0 aliphatic carbocycles. The van der Waals surface area contributed by atoms with Gasteiger partial charge in [-0.1, -0.05) is 24.3 Å². The maximum atomic E-state index is 10.9. The van der Waals surface area contributed by atoms with E-state index >= 15 is 0 Å². The molecule has 0 amide bonds. The number of fused-ring (bicyclic) bond motifs is 1. The lowest BCUT2D eigenvalue weighted by Gasteiger charge is -2.05. The monoisotopic (exact) mass is 266 g/mol. The molecule has 0 atom stereocenters. The van der Waals surface area contributed by atoms with Gasteiger partial charge in [-0.25, -0.2) is 9.78 Å². The van der Waals surface area contributed by atoms with E-state index in [0.717, 1.165) is 10.9 Å². The first-order valence-electron chi connectivity index (χ1n) is 5.95. The molecule has 0 aliphatic heterocycles. The second-order valence-corrected chi connectivity index (χ2v) is 4.15. The Morgan fingerprint density at radius 3 is 2.80 bits per heavy atom. The SMILES string of the molecule is O=C(O)c1cccc(Oc2ncc3ccccc3n2)c1. The van der Waals surface area contributed by atoms with E-state index in [-0.39, 0.29) is 11.6 Å². The standard InChI is InChI=1S/C15H10N2O3/c18-14(19)10-5-3-6-12(8-10)20-15-16-9-11-4-1-2-7-13(11)17-15/h1-9H,(H,18,19). The summed E-state index contributed by atoms with van der Waals surface area (Å²) in [5, 5.41) is 9.85. The van der Waals surface area contributed by atoms with Crippen LogP contribution in [0.5, 0.6) is 11.8 Å². The zero-order valence-electron chi connectivity index (χ0n) is 10.4. The minimum atomic E-state index is -1.00. The van der Waals surface area contributed by atoms with Crippen molar-refractivity contribution in [2.24, 2.45) is 0 Å². The molecule has 0 fully saturated rings. The quantitative estimate of drug-likeness (QED) is 0.788. The first-order valence-corrected chi connectivity index (χ1v) is 5.95. The maximum absolute atomic E-state index is 10.9. The molecule has 5 nitrogen and oxygen atoms in total. The van der Waals surface area contributed by atoms with Gasteiger partial charge in [0.25, 0.3) is 0 Å². The topological polar surface area (TPSA) is 72.3 Å². The highest BCUT2D eigenvalue weighted by Gasteiger charge is 2.06. The lowest BCUT2D eigenvalue weighted by molar-refractivity contribution is 0.0696. The summed E-state index contributed by atoms with van der Waals surface area (Å²) in [4.78, 5) is 19.3. The highest BCUT2D eigenvalue weighted by Crippen LogP contribution is 2.21. The van der Waals surface area contributed by atoms with Crippen LogP contribution in [0.4, 0.5) is 0 Å². The summed E-state index contributed by atoms with van der Waals surface area (Å²) < 4.78 is 5.49. The number of carboxylic acid groups (broad SMARTS) is 1. The third kappa shape index (κ3) is 2.42. The van der Waals surface area contributed by atoms with Crippen molar-refractivity contribution in [2.45, 2.75) is 0 Å². The molecule has 5 heteroatoms. The van der Waals surface area contributed by atoms with E-state index in [9.17, 15) is 4.79 Å². The van der Waals surface area contributed by atoms with Crippen LogP contribution in [0, 0.1) is 0 Å². The molecule has 0 saturated heterocycles. The summed E-state index contributed by atoms with van der Waals surface area (Å²) in [6.45, 7) is 0. The molecular weight excluding hydrogens is 256 g/mol. The summed E-state index contributed by atoms with van der Waals surface area (Å²) >= 11 is 0. The summed E-state index contributed by atoms with van der Waals surface area (Å²) in [7, 11) is 0. The van der Waals surface area contributed by atoms with E-state index in [2.05, 4.69) is 9.97 Å². The van der Waals surface area contributed by atoms with Crippen LogP contribution < -0.4 is 4.74 Å². The van der Waals surface area contributed by atoms with Gasteiger partial charge in [-0.15, -0.1) is 0 Å². The fraction of sp³-hybridized carbons (Fsp3) is 0. The molecule has 2 aromatic carbocycles. The zero-order valence-corrected chi connectivity index (χ0v) is 10.4. The van der Waals surface area contributed by atoms with E-state index in [4.69, 9.17) is 9.84 Å². The number of carbonyl (C=O) groups is 1. The van der Waals surface area contributed by atoms with Crippen molar-refractivity contribution in [3.63, 3.8) is 0 Å². The third-order valence-electron chi connectivity index (χ3n) is 2.76. The largest absolute Gasteiger partial charge is 0.478 e. The number of rotatable bonds is 3. The van der Waals surface area contributed by atoms with E-state index in [1.54, 1.807) is 18.3 Å². The molecule has 0 aliphatic rings. The fourth-order valence-corrected chi connectivity index (χ4v) is 1.80. The molecule has 3 rings (SSSR count). The lowest BCUT2D eigenvalue weighted by Crippen LogP contribution is -1.97. The Kier molecular flexibility index (Phi) is 3.01. The maximum Gasteiger partial charge on any atom is 0.335 e. The van der Waals surface area contributed by atoms with Crippen molar-refractivity contribution < 1.29 is 14.6 Å². The van der Waals surface area contributed by atoms with Gasteiger partial charge in [-0.05, 0) is 24.3 Å². The van der Waals surface area contributed by atoms with Gasteiger partial charge in [-0.2, -0.15) is 4.98 Å². The van der Waals surface area contributed by atoms with Crippen molar-refractivity contribution in [1.82, 2.24) is 9.97 Å². The second-order valence-electron chi connectivity index (χ2n) is 4.15. The van der Waals surface area contributed by atoms with Gasteiger partial charge in [0.2, 0.25) is 0 Å². The number of para-hydroxylation sites is 1. The number of aromatic carboxylic acids is 1. The molecule has 0 saturated carbocycles. The van der Waals surface area contributed by atoms with Crippen LogP contribution in [-0.4, -0.2) is 21.0 Å². The number of ether oxygens (including phenoxy) is 1. The molecular formula is C15H10N2O3. The van der Waals surface area contributed by atoms with Gasteiger partial charge in [-0.3, -0.25) is 0 Å². The van der Waals surface area contributed by atoms with Crippen molar-refractivity contribution in [3.05, 3.63) is 60.3 Å². The van der Waals surface area contributed by atoms with Crippen LogP contribution in [-0.2, 0) is 0 Å². The van der Waals surface area contributed by atoms with Gasteiger partial charge < -0.3 is 9.84 Å². The van der Waals surface area contributed by atoms with Crippen LogP contribution in [0.1, 0.15) is 10.4 Å². The Morgan fingerprint density at radius 1 is 1.10 bits per heavy atom. The molecule has 0 bridgehead atoms. The second kappa shape index (κ2) is 4.97. The predicted molar refractivity (Wildman–Crippen MR) is 73.0 cm³/mol. The first kappa shape index (κ1) is 12.1.